The van der Waals surface area contributed by atoms with Gasteiger partial charge in [0, 0.05) is 0 Å². The molecule has 0 nitrogen and oxygen atoms in total. The topological polar surface area (TPSA) is 0 Å². The molecule has 0 N–H and O–H groups in total. The lowest BCUT2D eigenvalue weighted by Crippen LogP contribution is -2.11. The molecule has 0 bridgehead atoms. The van der Waals surface area contributed by atoms with Gasteiger partial charge in [0.15, 0.2) is 0 Å². The summed E-state index contributed by atoms with van der Waals surface area (Å²) in [7, 11) is 1.84. The molecule has 0 saturated heterocycles. The maximum atomic E-state index is 1.84. The zero-order valence-corrected chi connectivity index (χ0v) is 10.3. The maximum absolute atomic E-state index is 1.84. The van der Waals surface area contributed by atoms with Crippen molar-refractivity contribution in [3.63, 3.8) is 0 Å². The molecule has 0 amide bonds. The molecule has 0 aromatic rings. The first-order chi connectivity index (χ1) is 6.95. The van der Waals surface area contributed by atoms with Gasteiger partial charge >= 0.3 is 0 Å². The Balaban J connectivity index is 1.71. The van der Waals surface area contributed by atoms with Gasteiger partial charge in [0.25, 0.3) is 0 Å². The van der Waals surface area contributed by atoms with Crippen molar-refractivity contribution >= 4 is 8.58 Å². The molecular weight excluding hydrogens is 187 g/mol. The van der Waals surface area contributed by atoms with E-state index in [0.29, 0.717) is 0 Å². The van der Waals surface area contributed by atoms with Crippen LogP contribution in [0.1, 0.15) is 70.6 Å². The summed E-state index contributed by atoms with van der Waals surface area (Å²) in [5, 5.41) is 0. The maximum Gasteiger partial charge on any atom is -0.0168 e. The van der Waals surface area contributed by atoms with E-state index in [-0.39, 0.29) is 0 Å². The standard InChI is InChI=1S/C13H24P/c1-2-5-9-12(8-4-1)14-13-10-6-3-7-11-13/h12-13H,1-11H2. The van der Waals surface area contributed by atoms with Gasteiger partial charge in [-0.2, -0.15) is 0 Å². The molecule has 0 unspecified atom stereocenters. The lowest BCUT2D eigenvalue weighted by Gasteiger charge is -2.25. The van der Waals surface area contributed by atoms with Crippen LogP contribution in [-0.2, 0) is 0 Å². The number of rotatable bonds is 2. The predicted molar refractivity (Wildman–Crippen MR) is 65.3 cm³/mol. The van der Waals surface area contributed by atoms with Gasteiger partial charge in [-0.3, -0.25) is 0 Å². The van der Waals surface area contributed by atoms with E-state index in [2.05, 4.69) is 0 Å². The van der Waals surface area contributed by atoms with Crippen molar-refractivity contribution in [1.82, 2.24) is 0 Å². The van der Waals surface area contributed by atoms with Gasteiger partial charge in [0.05, 0.1) is 0 Å². The van der Waals surface area contributed by atoms with E-state index in [1.807, 2.05) is 8.58 Å². The molecule has 1 radical (unpaired) electrons. The van der Waals surface area contributed by atoms with Gasteiger partial charge in [-0.05, 0) is 37.0 Å². The van der Waals surface area contributed by atoms with Crippen molar-refractivity contribution in [3.05, 3.63) is 0 Å². The second kappa shape index (κ2) is 6.11. The first-order valence-electron chi connectivity index (χ1n) is 6.65. The van der Waals surface area contributed by atoms with E-state index < -0.39 is 0 Å². The molecule has 2 fully saturated rings. The van der Waals surface area contributed by atoms with Crippen LogP contribution in [0.3, 0.4) is 0 Å². The molecule has 0 spiro atoms. The Hall–Kier alpha value is 0.430. The Morgan fingerprint density at radius 2 is 0.857 bits per heavy atom. The monoisotopic (exact) mass is 211 g/mol. The zero-order valence-electron chi connectivity index (χ0n) is 9.38. The summed E-state index contributed by atoms with van der Waals surface area (Å²) in [6.07, 6.45) is 16.8. The van der Waals surface area contributed by atoms with Crippen LogP contribution >= 0.6 is 8.58 Å². The van der Waals surface area contributed by atoms with Gasteiger partial charge in [0.1, 0.15) is 0 Å². The number of hydrogen-bond acceptors (Lipinski definition) is 0. The minimum absolute atomic E-state index is 1.08. The molecule has 2 aliphatic carbocycles. The van der Waals surface area contributed by atoms with E-state index in [4.69, 9.17) is 0 Å². The molecule has 1 heteroatoms. The highest BCUT2D eigenvalue weighted by atomic mass is 31.1. The van der Waals surface area contributed by atoms with Gasteiger partial charge in [-0.15, -0.1) is 0 Å². The molecule has 2 saturated carbocycles. The van der Waals surface area contributed by atoms with Crippen LogP contribution in [0.2, 0.25) is 0 Å². The molecule has 0 aliphatic heterocycles. The van der Waals surface area contributed by atoms with Crippen molar-refractivity contribution in [3.8, 4) is 0 Å². The first kappa shape index (κ1) is 10.9. The Morgan fingerprint density at radius 3 is 1.29 bits per heavy atom. The van der Waals surface area contributed by atoms with E-state index in [1.165, 1.54) is 70.6 Å². The molecule has 0 heterocycles. The third kappa shape index (κ3) is 3.54. The SMILES string of the molecule is C1CCCC([P]C2CCCCC2)CC1. The van der Waals surface area contributed by atoms with E-state index >= 15 is 0 Å². The minimum atomic E-state index is 1.08. The van der Waals surface area contributed by atoms with Gasteiger partial charge < -0.3 is 0 Å². The molecule has 81 valence electrons. The second-order valence-electron chi connectivity index (χ2n) is 5.09. The van der Waals surface area contributed by atoms with Gasteiger partial charge in [-0.25, -0.2) is 0 Å². The minimum Gasteiger partial charge on any atom is -0.0741 e. The van der Waals surface area contributed by atoms with Crippen LogP contribution in [0, 0.1) is 0 Å². The van der Waals surface area contributed by atoms with Crippen molar-refractivity contribution in [2.24, 2.45) is 0 Å². The highest BCUT2D eigenvalue weighted by Crippen LogP contribution is 2.40. The fraction of sp³-hybridized carbons (Fsp3) is 1.00. The van der Waals surface area contributed by atoms with Crippen LogP contribution in [0.15, 0.2) is 0 Å². The predicted octanol–water partition coefficient (Wildman–Crippen LogP) is 4.99. The Morgan fingerprint density at radius 1 is 0.500 bits per heavy atom. The summed E-state index contributed by atoms with van der Waals surface area (Å²) >= 11 is 0. The van der Waals surface area contributed by atoms with Crippen LogP contribution in [0.4, 0.5) is 0 Å². The smallest absolute Gasteiger partial charge is 0.0168 e. The largest absolute Gasteiger partial charge is 0.0741 e. The third-order valence-electron chi connectivity index (χ3n) is 3.82. The summed E-state index contributed by atoms with van der Waals surface area (Å²) in [4.78, 5) is 0. The Kier molecular flexibility index (Phi) is 4.77. The first-order valence-corrected chi connectivity index (χ1v) is 7.68. The quantitative estimate of drug-likeness (QED) is 0.446. The summed E-state index contributed by atoms with van der Waals surface area (Å²) < 4.78 is 0. The summed E-state index contributed by atoms with van der Waals surface area (Å²) in [6.45, 7) is 0. The zero-order chi connectivity index (χ0) is 9.64. The molecular formula is C13H24P. The molecule has 0 aromatic carbocycles. The number of hydrogen-bond donors (Lipinski definition) is 0. The molecule has 2 aliphatic rings. The Labute approximate surface area is 91.0 Å². The van der Waals surface area contributed by atoms with Gasteiger partial charge in [-0.1, -0.05) is 53.5 Å². The van der Waals surface area contributed by atoms with E-state index in [0.717, 1.165) is 11.3 Å². The lowest BCUT2D eigenvalue weighted by molar-refractivity contribution is 0.510. The fourth-order valence-corrected chi connectivity index (χ4v) is 4.86. The highest BCUT2D eigenvalue weighted by Gasteiger charge is 2.20. The second-order valence-corrected chi connectivity index (χ2v) is 6.85. The third-order valence-corrected chi connectivity index (χ3v) is 5.70. The normalized spacial score (nSPS) is 28.3. The molecule has 2 rings (SSSR count). The fourth-order valence-electron chi connectivity index (χ4n) is 2.94. The van der Waals surface area contributed by atoms with Crippen molar-refractivity contribution in [2.75, 3.05) is 0 Å². The lowest BCUT2D eigenvalue weighted by atomic mass is 10.0. The van der Waals surface area contributed by atoms with Crippen LogP contribution in [0.5, 0.6) is 0 Å². The van der Waals surface area contributed by atoms with E-state index in [9.17, 15) is 0 Å². The molecule has 14 heavy (non-hydrogen) atoms. The van der Waals surface area contributed by atoms with Crippen LogP contribution in [0.25, 0.3) is 0 Å². The summed E-state index contributed by atoms with van der Waals surface area (Å²) in [5.74, 6) is 0. The Bertz CT molecular complexity index is 141. The summed E-state index contributed by atoms with van der Waals surface area (Å²) in [6, 6.07) is 0. The van der Waals surface area contributed by atoms with Crippen molar-refractivity contribution in [2.45, 2.75) is 81.9 Å². The van der Waals surface area contributed by atoms with Crippen LogP contribution < -0.4 is 0 Å². The molecule has 0 atom stereocenters. The highest BCUT2D eigenvalue weighted by molar-refractivity contribution is 7.39. The van der Waals surface area contributed by atoms with Crippen LogP contribution in [-0.4, -0.2) is 11.3 Å². The molecule has 0 aromatic heterocycles. The van der Waals surface area contributed by atoms with Crippen molar-refractivity contribution in [1.29, 1.82) is 0 Å². The average molecular weight is 211 g/mol. The van der Waals surface area contributed by atoms with Gasteiger partial charge in [0.2, 0.25) is 0 Å². The summed E-state index contributed by atoms with van der Waals surface area (Å²) in [5.41, 5.74) is 2.17. The average Bonchev–Trinajstić information content (AvgIpc) is 2.48. The van der Waals surface area contributed by atoms with E-state index in [1.54, 1.807) is 0 Å². The van der Waals surface area contributed by atoms with Crippen molar-refractivity contribution < 1.29 is 0 Å².